The second kappa shape index (κ2) is 16.3. The highest BCUT2D eigenvalue weighted by Crippen LogP contribution is 2.58. The number of benzene rings is 11. The van der Waals surface area contributed by atoms with Crippen LogP contribution in [0.25, 0.3) is 72.0 Å². The van der Waals surface area contributed by atoms with Gasteiger partial charge in [0.1, 0.15) is 0 Å². The normalized spacial score (nSPS) is 13.6. The third kappa shape index (κ3) is 6.22. The van der Waals surface area contributed by atoms with Gasteiger partial charge in [-0.3, -0.25) is 0 Å². The molecule has 0 fully saturated rings. The van der Waals surface area contributed by atoms with Crippen LogP contribution in [0.1, 0.15) is 47.2 Å². The van der Waals surface area contributed by atoms with Gasteiger partial charge in [0.15, 0.2) is 0 Å². The quantitative estimate of drug-likeness (QED) is 0.147. The van der Waals surface area contributed by atoms with E-state index in [4.69, 9.17) is 0 Å². The van der Waals surface area contributed by atoms with Gasteiger partial charge in [-0.05, 0) is 139 Å². The fourth-order valence-corrected chi connectivity index (χ4v) is 12.6. The van der Waals surface area contributed by atoms with E-state index in [2.05, 4.69) is 290 Å². The molecular formula is C70H50N2. The molecule has 0 bridgehead atoms. The summed E-state index contributed by atoms with van der Waals surface area (Å²) in [6.07, 6.45) is 0. The van der Waals surface area contributed by atoms with Gasteiger partial charge in [-0.25, -0.2) is 0 Å². The molecule has 340 valence electrons. The van der Waals surface area contributed by atoms with Crippen LogP contribution in [0.4, 0.5) is 17.1 Å². The lowest BCUT2D eigenvalue weighted by Crippen LogP contribution is -2.29. The molecule has 0 radical (unpaired) electrons. The van der Waals surface area contributed by atoms with Gasteiger partial charge in [0.25, 0.3) is 0 Å². The van der Waals surface area contributed by atoms with Crippen LogP contribution >= 0.6 is 0 Å². The number of hydrogen-bond donors (Lipinski definition) is 0. The molecular weight excluding hydrogens is 869 g/mol. The Balaban J connectivity index is 0.863. The van der Waals surface area contributed by atoms with Crippen LogP contribution in [0.5, 0.6) is 0 Å². The first kappa shape index (κ1) is 41.9. The largest absolute Gasteiger partial charge is 0.310 e. The van der Waals surface area contributed by atoms with Crippen LogP contribution in [0.15, 0.2) is 267 Å². The molecule has 0 saturated carbocycles. The van der Waals surface area contributed by atoms with E-state index in [9.17, 15) is 0 Å². The van der Waals surface area contributed by atoms with E-state index in [1.807, 2.05) is 0 Å². The maximum Gasteiger partial charge on any atom is 0.0734 e. The van der Waals surface area contributed by atoms with Crippen LogP contribution in [0.2, 0.25) is 0 Å². The molecule has 1 heterocycles. The second-order valence-electron chi connectivity index (χ2n) is 20.0. The summed E-state index contributed by atoms with van der Waals surface area (Å²) < 4.78 is 2.53. The lowest BCUT2D eigenvalue weighted by Gasteiger charge is -2.35. The van der Waals surface area contributed by atoms with Crippen molar-refractivity contribution in [1.29, 1.82) is 0 Å². The van der Waals surface area contributed by atoms with E-state index < -0.39 is 5.41 Å². The van der Waals surface area contributed by atoms with Crippen LogP contribution in [-0.2, 0) is 10.8 Å². The smallest absolute Gasteiger partial charge is 0.0734 e. The van der Waals surface area contributed by atoms with E-state index in [-0.39, 0.29) is 5.41 Å². The second-order valence-corrected chi connectivity index (χ2v) is 20.0. The zero-order valence-corrected chi connectivity index (χ0v) is 40.3. The number of rotatable bonds is 8. The van der Waals surface area contributed by atoms with Crippen LogP contribution in [0, 0.1) is 0 Å². The van der Waals surface area contributed by atoms with Crippen molar-refractivity contribution in [3.63, 3.8) is 0 Å². The first-order valence-electron chi connectivity index (χ1n) is 25.2. The maximum absolute atomic E-state index is 2.53. The molecule has 0 atom stereocenters. The Morgan fingerprint density at radius 2 is 0.833 bits per heavy atom. The SMILES string of the molecule is CC1(C)c2ccccc2-c2cc(N(c3ccccc3)c3ccc(-c4cccc(-c5ccc6c(c5)c5ccccc5n6-c5cccc6c5C(c5ccccc5)(c5ccccc5)c5ccccc5-6)c4)cc3)ccc21. The summed E-state index contributed by atoms with van der Waals surface area (Å²) in [4.78, 5) is 2.38. The van der Waals surface area contributed by atoms with Crippen molar-refractivity contribution < 1.29 is 0 Å². The van der Waals surface area contributed by atoms with Gasteiger partial charge in [-0.1, -0.05) is 214 Å². The molecule has 2 nitrogen and oxygen atoms in total. The molecule has 72 heavy (non-hydrogen) atoms. The van der Waals surface area contributed by atoms with Gasteiger partial charge in [0.2, 0.25) is 0 Å². The average molecular weight is 919 g/mol. The molecule has 2 heteroatoms. The van der Waals surface area contributed by atoms with Crippen molar-refractivity contribution in [2.24, 2.45) is 0 Å². The molecule has 2 aliphatic carbocycles. The first-order valence-corrected chi connectivity index (χ1v) is 25.2. The van der Waals surface area contributed by atoms with Crippen molar-refractivity contribution in [2.45, 2.75) is 24.7 Å². The standard InChI is InChI=1S/C70H50N2/c1-69(2)62-32-15-12-29-57(62)60-46-55(41-42-63(60)69)71(53-26-10-5-11-27-53)54-39-36-47(37-40-54)48-20-18-21-49(44-48)50-38-43-66-61(45-50)58-30-14-17-34-65(58)72(66)67-35-19-31-59-56-28-13-16-33-64(56)70(68(59)67,51-22-6-3-7-23-51)52-24-8-4-9-25-52/h3-46H,1-2H3. The molecule has 0 unspecified atom stereocenters. The van der Waals surface area contributed by atoms with Gasteiger partial charge in [-0.2, -0.15) is 0 Å². The monoisotopic (exact) mass is 918 g/mol. The lowest BCUT2D eigenvalue weighted by atomic mass is 9.67. The summed E-state index contributed by atoms with van der Waals surface area (Å²) in [6, 6.07) is 98.9. The lowest BCUT2D eigenvalue weighted by molar-refractivity contribution is 0.660. The van der Waals surface area contributed by atoms with Crippen molar-refractivity contribution in [1.82, 2.24) is 4.57 Å². The average Bonchev–Trinajstić information content (AvgIpc) is 4.03. The van der Waals surface area contributed by atoms with E-state index in [1.165, 1.54) is 105 Å². The first-order chi connectivity index (χ1) is 35.5. The fourth-order valence-electron chi connectivity index (χ4n) is 12.6. The summed E-state index contributed by atoms with van der Waals surface area (Å²) in [5.41, 5.74) is 24.2. The Kier molecular flexibility index (Phi) is 9.50. The van der Waals surface area contributed by atoms with Gasteiger partial charge in [0, 0.05) is 38.8 Å². The minimum Gasteiger partial charge on any atom is -0.310 e. The predicted molar refractivity (Wildman–Crippen MR) is 301 cm³/mol. The molecule has 11 aromatic carbocycles. The summed E-state index contributed by atoms with van der Waals surface area (Å²) in [6.45, 7) is 4.68. The van der Waals surface area contributed by atoms with E-state index in [1.54, 1.807) is 0 Å². The van der Waals surface area contributed by atoms with Crippen molar-refractivity contribution in [3.05, 3.63) is 300 Å². The minimum atomic E-state index is -0.535. The molecule has 14 rings (SSSR count). The Hall–Kier alpha value is -8.98. The Labute approximate surface area is 421 Å². The highest BCUT2D eigenvalue weighted by Gasteiger charge is 2.48. The van der Waals surface area contributed by atoms with Crippen molar-refractivity contribution in [3.8, 4) is 50.2 Å². The van der Waals surface area contributed by atoms with Gasteiger partial charge in [0.05, 0.1) is 22.1 Å². The van der Waals surface area contributed by atoms with Crippen LogP contribution < -0.4 is 4.90 Å². The van der Waals surface area contributed by atoms with E-state index in [0.717, 1.165) is 17.1 Å². The van der Waals surface area contributed by atoms with Crippen LogP contribution in [0.3, 0.4) is 0 Å². The van der Waals surface area contributed by atoms with E-state index in [0.29, 0.717) is 0 Å². The molecule has 1 aromatic heterocycles. The summed E-state index contributed by atoms with van der Waals surface area (Å²) in [5, 5.41) is 2.47. The van der Waals surface area contributed by atoms with Crippen molar-refractivity contribution in [2.75, 3.05) is 4.90 Å². The Morgan fingerprint density at radius 1 is 0.319 bits per heavy atom. The number of hydrogen-bond acceptors (Lipinski definition) is 1. The number of anilines is 3. The van der Waals surface area contributed by atoms with Crippen molar-refractivity contribution >= 4 is 38.9 Å². The molecule has 12 aromatic rings. The third-order valence-electron chi connectivity index (χ3n) is 15.9. The fraction of sp³-hybridized carbons (Fsp3) is 0.0571. The number of fused-ring (bicyclic) bond motifs is 9. The summed E-state index contributed by atoms with van der Waals surface area (Å²) in [5.74, 6) is 0. The maximum atomic E-state index is 2.53. The van der Waals surface area contributed by atoms with Crippen LogP contribution in [-0.4, -0.2) is 4.57 Å². The highest BCUT2D eigenvalue weighted by molar-refractivity contribution is 6.11. The predicted octanol–water partition coefficient (Wildman–Crippen LogP) is 18.3. The zero-order valence-electron chi connectivity index (χ0n) is 40.3. The molecule has 0 N–H and O–H groups in total. The highest BCUT2D eigenvalue weighted by atomic mass is 15.1. The van der Waals surface area contributed by atoms with Gasteiger partial charge in [-0.15, -0.1) is 0 Å². The molecule has 0 aliphatic heterocycles. The Morgan fingerprint density at radius 3 is 1.57 bits per heavy atom. The molecule has 0 saturated heterocycles. The topological polar surface area (TPSA) is 8.17 Å². The van der Waals surface area contributed by atoms with E-state index >= 15 is 0 Å². The molecule has 0 spiro atoms. The van der Waals surface area contributed by atoms with Gasteiger partial charge >= 0.3 is 0 Å². The van der Waals surface area contributed by atoms with Gasteiger partial charge < -0.3 is 9.47 Å². The number of nitrogens with zero attached hydrogens (tertiary/aromatic N) is 2. The zero-order chi connectivity index (χ0) is 48.0. The summed E-state index contributed by atoms with van der Waals surface area (Å²) in [7, 11) is 0. The molecule has 2 aliphatic rings. The number of para-hydroxylation sites is 2. The summed E-state index contributed by atoms with van der Waals surface area (Å²) >= 11 is 0. The Bertz CT molecular complexity index is 4010. The minimum absolute atomic E-state index is 0.0434. The number of aromatic nitrogens is 1. The molecule has 0 amide bonds. The third-order valence-corrected chi connectivity index (χ3v) is 15.9.